The Hall–Kier alpha value is -0.0800. The van der Waals surface area contributed by atoms with Crippen LogP contribution in [0, 0.1) is 11.8 Å². The highest BCUT2D eigenvalue weighted by atomic mass is 15.1. The molecule has 0 aromatic rings. The summed E-state index contributed by atoms with van der Waals surface area (Å²) >= 11 is 0. The Bertz CT molecular complexity index is 136. The van der Waals surface area contributed by atoms with Crippen LogP contribution in [0.4, 0.5) is 0 Å². The Kier molecular flexibility index (Phi) is 4.74. The summed E-state index contributed by atoms with van der Waals surface area (Å²) in [5.74, 6) is 1.68. The summed E-state index contributed by atoms with van der Waals surface area (Å²) in [5.41, 5.74) is 5.76. The molecule has 0 bridgehead atoms. The first-order chi connectivity index (χ1) is 6.27. The van der Waals surface area contributed by atoms with Gasteiger partial charge in [0.1, 0.15) is 0 Å². The summed E-state index contributed by atoms with van der Waals surface area (Å²) in [7, 11) is 2.23. The van der Waals surface area contributed by atoms with Crippen molar-refractivity contribution in [2.75, 3.05) is 26.7 Å². The molecule has 0 radical (unpaired) electrons. The molecular weight excluding hydrogens is 160 g/mol. The van der Waals surface area contributed by atoms with Gasteiger partial charge in [-0.3, -0.25) is 0 Å². The van der Waals surface area contributed by atoms with Crippen LogP contribution in [0.2, 0.25) is 0 Å². The lowest BCUT2D eigenvalue weighted by molar-refractivity contribution is 0.243. The van der Waals surface area contributed by atoms with Crippen LogP contribution in [0.5, 0.6) is 0 Å². The van der Waals surface area contributed by atoms with E-state index in [2.05, 4.69) is 18.9 Å². The Morgan fingerprint density at radius 3 is 2.62 bits per heavy atom. The number of nitrogens with two attached hydrogens (primary N) is 1. The van der Waals surface area contributed by atoms with E-state index in [0.29, 0.717) is 0 Å². The normalized spacial score (nSPS) is 28.6. The topological polar surface area (TPSA) is 29.3 Å². The van der Waals surface area contributed by atoms with Crippen LogP contribution in [0.15, 0.2) is 0 Å². The lowest BCUT2D eigenvalue weighted by Gasteiger charge is -2.24. The highest BCUT2D eigenvalue weighted by Crippen LogP contribution is 2.31. The minimum absolute atomic E-state index is 0.805. The van der Waals surface area contributed by atoms with Crippen molar-refractivity contribution >= 4 is 0 Å². The summed E-state index contributed by atoms with van der Waals surface area (Å²) < 4.78 is 0. The maximum atomic E-state index is 5.76. The van der Waals surface area contributed by atoms with E-state index in [1.54, 1.807) is 0 Å². The van der Waals surface area contributed by atoms with Crippen molar-refractivity contribution in [3.05, 3.63) is 0 Å². The Labute approximate surface area is 82.5 Å². The molecule has 0 amide bonds. The average molecular weight is 184 g/mol. The molecule has 0 aromatic carbocycles. The van der Waals surface area contributed by atoms with Gasteiger partial charge in [-0.05, 0) is 51.2 Å². The SMILES string of the molecule is CCCN(C)CC1CCCC1CN. The highest BCUT2D eigenvalue weighted by molar-refractivity contribution is 4.79. The lowest BCUT2D eigenvalue weighted by Crippen LogP contribution is -2.30. The molecule has 2 unspecified atom stereocenters. The van der Waals surface area contributed by atoms with Crippen molar-refractivity contribution in [1.29, 1.82) is 0 Å². The Morgan fingerprint density at radius 2 is 2.00 bits per heavy atom. The predicted molar refractivity (Wildman–Crippen MR) is 57.7 cm³/mol. The fourth-order valence-electron chi connectivity index (χ4n) is 2.54. The van der Waals surface area contributed by atoms with Crippen LogP contribution >= 0.6 is 0 Å². The summed E-state index contributed by atoms with van der Waals surface area (Å²) in [6.45, 7) is 5.62. The molecule has 2 N–H and O–H groups in total. The van der Waals surface area contributed by atoms with Crippen molar-refractivity contribution < 1.29 is 0 Å². The summed E-state index contributed by atoms with van der Waals surface area (Å²) in [4.78, 5) is 2.46. The summed E-state index contributed by atoms with van der Waals surface area (Å²) in [5, 5.41) is 0. The third kappa shape index (κ3) is 3.28. The first kappa shape index (κ1) is 11.0. The second-order valence-corrected chi connectivity index (χ2v) is 4.45. The zero-order valence-corrected chi connectivity index (χ0v) is 9.13. The minimum Gasteiger partial charge on any atom is -0.330 e. The number of rotatable bonds is 5. The first-order valence-electron chi connectivity index (χ1n) is 5.66. The van der Waals surface area contributed by atoms with Crippen LogP contribution < -0.4 is 5.73 Å². The van der Waals surface area contributed by atoms with E-state index < -0.39 is 0 Å². The van der Waals surface area contributed by atoms with E-state index in [4.69, 9.17) is 5.73 Å². The lowest BCUT2D eigenvalue weighted by atomic mass is 9.96. The monoisotopic (exact) mass is 184 g/mol. The Balaban J connectivity index is 2.26. The average Bonchev–Trinajstić information content (AvgIpc) is 2.52. The van der Waals surface area contributed by atoms with Gasteiger partial charge in [-0.2, -0.15) is 0 Å². The van der Waals surface area contributed by atoms with Crippen LogP contribution in [-0.2, 0) is 0 Å². The van der Waals surface area contributed by atoms with Gasteiger partial charge in [-0.25, -0.2) is 0 Å². The maximum absolute atomic E-state index is 5.76. The van der Waals surface area contributed by atoms with Crippen molar-refractivity contribution in [2.45, 2.75) is 32.6 Å². The summed E-state index contributed by atoms with van der Waals surface area (Å²) in [6.07, 6.45) is 5.42. The zero-order valence-electron chi connectivity index (χ0n) is 9.13. The molecule has 0 spiro atoms. The third-order valence-corrected chi connectivity index (χ3v) is 3.27. The molecule has 0 heterocycles. The van der Waals surface area contributed by atoms with E-state index in [1.807, 2.05) is 0 Å². The van der Waals surface area contributed by atoms with Crippen LogP contribution in [0.1, 0.15) is 32.6 Å². The second-order valence-electron chi connectivity index (χ2n) is 4.45. The number of nitrogens with zero attached hydrogens (tertiary/aromatic N) is 1. The number of hydrogen-bond acceptors (Lipinski definition) is 2. The van der Waals surface area contributed by atoms with Crippen LogP contribution in [0.3, 0.4) is 0 Å². The van der Waals surface area contributed by atoms with Gasteiger partial charge in [-0.1, -0.05) is 13.3 Å². The molecule has 1 rings (SSSR count). The summed E-state index contributed by atoms with van der Waals surface area (Å²) in [6, 6.07) is 0. The van der Waals surface area contributed by atoms with E-state index >= 15 is 0 Å². The van der Waals surface area contributed by atoms with E-state index in [9.17, 15) is 0 Å². The van der Waals surface area contributed by atoms with Gasteiger partial charge in [0, 0.05) is 6.54 Å². The molecule has 1 aliphatic carbocycles. The van der Waals surface area contributed by atoms with E-state index in [0.717, 1.165) is 18.4 Å². The molecule has 2 atom stereocenters. The standard InChI is InChI=1S/C11H24N2/c1-3-7-13(2)9-11-6-4-5-10(11)8-12/h10-11H,3-9,12H2,1-2H3. The molecular formula is C11H24N2. The van der Waals surface area contributed by atoms with Gasteiger partial charge in [-0.15, -0.1) is 0 Å². The first-order valence-corrected chi connectivity index (χ1v) is 5.66. The second kappa shape index (κ2) is 5.61. The molecule has 1 fully saturated rings. The van der Waals surface area contributed by atoms with Crippen molar-refractivity contribution in [1.82, 2.24) is 4.90 Å². The molecule has 2 heteroatoms. The van der Waals surface area contributed by atoms with Crippen LogP contribution in [-0.4, -0.2) is 31.6 Å². The molecule has 2 nitrogen and oxygen atoms in total. The molecule has 13 heavy (non-hydrogen) atoms. The van der Waals surface area contributed by atoms with E-state index in [-0.39, 0.29) is 0 Å². The molecule has 0 aromatic heterocycles. The third-order valence-electron chi connectivity index (χ3n) is 3.27. The fraction of sp³-hybridized carbons (Fsp3) is 1.00. The van der Waals surface area contributed by atoms with Gasteiger partial charge in [0.2, 0.25) is 0 Å². The molecule has 0 aliphatic heterocycles. The van der Waals surface area contributed by atoms with Gasteiger partial charge in [0.15, 0.2) is 0 Å². The maximum Gasteiger partial charge on any atom is 0.000973 e. The molecule has 1 aliphatic rings. The number of hydrogen-bond donors (Lipinski definition) is 1. The zero-order chi connectivity index (χ0) is 9.68. The van der Waals surface area contributed by atoms with Crippen LogP contribution in [0.25, 0.3) is 0 Å². The molecule has 0 saturated heterocycles. The van der Waals surface area contributed by atoms with Gasteiger partial charge < -0.3 is 10.6 Å². The van der Waals surface area contributed by atoms with Crippen molar-refractivity contribution in [3.8, 4) is 0 Å². The Morgan fingerprint density at radius 1 is 1.31 bits per heavy atom. The predicted octanol–water partition coefficient (Wildman–Crippen LogP) is 1.70. The molecule has 1 saturated carbocycles. The largest absolute Gasteiger partial charge is 0.330 e. The van der Waals surface area contributed by atoms with Crippen molar-refractivity contribution in [2.24, 2.45) is 17.6 Å². The van der Waals surface area contributed by atoms with Gasteiger partial charge in [0.25, 0.3) is 0 Å². The highest BCUT2D eigenvalue weighted by Gasteiger charge is 2.26. The van der Waals surface area contributed by atoms with Crippen molar-refractivity contribution in [3.63, 3.8) is 0 Å². The van der Waals surface area contributed by atoms with Gasteiger partial charge in [0.05, 0.1) is 0 Å². The smallest absolute Gasteiger partial charge is 0.000973 e. The van der Waals surface area contributed by atoms with Gasteiger partial charge >= 0.3 is 0 Å². The minimum atomic E-state index is 0.805. The molecule has 78 valence electrons. The fourth-order valence-corrected chi connectivity index (χ4v) is 2.54. The quantitative estimate of drug-likeness (QED) is 0.704. The van der Waals surface area contributed by atoms with E-state index in [1.165, 1.54) is 38.8 Å².